The average Bonchev–Trinajstić information content (AvgIpc) is 3.00. The number of benzene rings is 1. The van der Waals surface area contributed by atoms with Gasteiger partial charge >= 0.3 is 0 Å². The molecule has 23 heavy (non-hydrogen) atoms. The lowest BCUT2D eigenvalue weighted by atomic mass is 10.1. The number of ether oxygens (including phenoxy) is 1. The van der Waals surface area contributed by atoms with E-state index in [9.17, 15) is 9.59 Å². The summed E-state index contributed by atoms with van der Waals surface area (Å²) in [6.07, 6.45) is 2.83. The molecule has 1 aliphatic rings. The van der Waals surface area contributed by atoms with Gasteiger partial charge in [0.15, 0.2) is 0 Å². The van der Waals surface area contributed by atoms with Gasteiger partial charge in [0.2, 0.25) is 11.8 Å². The summed E-state index contributed by atoms with van der Waals surface area (Å²) in [4.78, 5) is 25.0. The summed E-state index contributed by atoms with van der Waals surface area (Å²) in [6.45, 7) is 5.81. The van der Waals surface area contributed by atoms with E-state index in [-0.39, 0.29) is 17.7 Å². The SMILES string of the molecule is Cc1ccc(C)c(OCCCCC(=O)N2CC[C@@H](C(N)=O)C2)c1. The van der Waals surface area contributed by atoms with Crippen LogP contribution in [0.5, 0.6) is 5.75 Å². The zero-order valence-corrected chi connectivity index (χ0v) is 14.0. The highest BCUT2D eigenvalue weighted by molar-refractivity contribution is 5.81. The fourth-order valence-corrected chi connectivity index (χ4v) is 2.80. The van der Waals surface area contributed by atoms with E-state index in [1.807, 2.05) is 19.9 Å². The molecule has 2 N–H and O–H groups in total. The van der Waals surface area contributed by atoms with Crippen molar-refractivity contribution in [2.24, 2.45) is 11.7 Å². The van der Waals surface area contributed by atoms with Crippen LogP contribution in [0.4, 0.5) is 0 Å². The molecule has 1 heterocycles. The molecule has 1 atom stereocenters. The van der Waals surface area contributed by atoms with E-state index < -0.39 is 0 Å². The smallest absolute Gasteiger partial charge is 0.222 e. The number of carbonyl (C=O) groups is 2. The van der Waals surface area contributed by atoms with Gasteiger partial charge in [-0.05, 0) is 50.3 Å². The molecule has 126 valence electrons. The summed E-state index contributed by atoms with van der Waals surface area (Å²) in [6, 6.07) is 6.15. The fraction of sp³-hybridized carbons (Fsp3) is 0.556. The first-order valence-electron chi connectivity index (χ1n) is 8.24. The summed E-state index contributed by atoms with van der Waals surface area (Å²) in [5.74, 6) is 0.550. The quantitative estimate of drug-likeness (QED) is 0.783. The Morgan fingerprint density at radius 3 is 2.78 bits per heavy atom. The molecule has 0 saturated carbocycles. The number of unbranched alkanes of at least 4 members (excludes halogenated alkanes) is 1. The molecule has 0 radical (unpaired) electrons. The minimum absolute atomic E-state index is 0.112. The average molecular weight is 318 g/mol. The van der Waals surface area contributed by atoms with Crippen molar-refractivity contribution in [3.8, 4) is 5.75 Å². The molecule has 0 spiro atoms. The number of hydrogen-bond acceptors (Lipinski definition) is 3. The van der Waals surface area contributed by atoms with Gasteiger partial charge in [-0.15, -0.1) is 0 Å². The molecule has 2 amide bonds. The van der Waals surface area contributed by atoms with Crippen LogP contribution >= 0.6 is 0 Å². The number of rotatable bonds is 7. The highest BCUT2D eigenvalue weighted by atomic mass is 16.5. The van der Waals surface area contributed by atoms with Crippen molar-refractivity contribution in [3.63, 3.8) is 0 Å². The molecule has 1 aromatic rings. The lowest BCUT2D eigenvalue weighted by Crippen LogP contribution is -2.31. The van der Waals surface area contributed by atoms with Crippen molar-refractivity contribution in [1.29, 1.82) is 0 Å². The first-order chi connectivity index (χ1) is 11.0. The molecule has 0 aliphatic carbocycles. The molecule has 2 rings (SSSR count). The molecule has 5 nitrogen and oxygen atoms in total. The molecular formula is C18H26N2O3. The summed E-state index contributed by atoms with van der Waals surface area (Å²) in [7, 11) is 0. The summed E-state index contributed by atoms with van der Waals surface area (Å²) >= 11 is 0. The van der Waals surface area contributed by atoms with E-state index in [1.54, 1.807) is 4.90 Å². The number of nitrogens with two attached hydrogens (primary N) is 1. The van der Waals surface area contributed by atoms with Gasteiger partial charge in [0.25, 0.3) is 0 Å². The lowest BCUT2D eigenvalue weighted by molar-refractivity contribution is -0.130. The van der Waals surface area contributed by atoms with E-state index in [2.05, 4.69) is 12.1 Å². The second kappa shape index (κ2) is 7.99. The van der Waals surface area contributed by atoms with Crippen molar-refractivity contribution in [3.05, 3.63) is 29.3 Å². The third kappa shape index (κ3) is 4.98. The maximum atomic E-state index is 12.1. The first kappa shape index (κ1) is 17.3. The Morgan fingerprint density at radius 2 is 2.09 bits per heavy atom. The Bertz CT molecular complexity index is 571. The van der Waals surface area contributed by atoms with Gasteiger partial charge < -0.3 is 15.4 Å². The maximum Gasteiger partial charge on any atom is 0.222 e. The topological polar surface area (TPSA) is 72.6 Å². The minimum Gasteiger partial charge on any atom is -0.493 e. The van der Waals surface area contributed by atoms with Gasteiger partial charge in [-0.2, -0.15) is 0 Å². The normalized spacial score (nSPS) is 17.3. The number of aryl methyl sites for hydroxylation is 2. The van der Waals surface area contributed by atoms with E-state index >= 15 is 0 Å². The maximum absolute atomic E-state index is 12.1. The van der Waals surface area contributed by atoms with Crippen LogP contribution < -0.4 is 10.5 Å². The first-order valence-corrected chi connectivity index (χ1v) is 8.24. The van der Waals surface area contributed by atoms with Gasteiger partial charge in [-0.3, -0.25) is 9.59 Å². The second-order valence-electron chi connectivity index (χ2n) is 6.30. The zero-order chi connectivity index (χ0) is 16.8. The highest BCUT2D eigenvalue weighted by Crippen LogP contribution is 2.20. The molecule has 0 bridgehead atoms. The number of nitrogens with zero attached hydrogens (tertiary/aromatic N) is 1. The molecule has 0 aromatic heterocycles. The van der Waals surface area contributed by atoms with Crippen LogP contribution in [-0.4, -0.2) is 36.4 Å². The Kier molecular flexibility index (Phi) is 6.02. The molecule has 5 heteroatoms. The van der Waals surface area contributed by atoms with Crippen LogP contribution in [0.15, 0.2) is 18.2 Å². The van der Waals surface area contributed by atoms with Crippen LogP contribution in [0.1, 0.15) is 36.8 Å². The Balaban J connectivity index is 1.65. The van der Waals surface area contributed by atoms with Gasteiger partial charge in [0.1, 0.15) is 5.75 Å². The molecule has 1 fully saturated rings. The number of amides is 2. The highest BCUT2D eigenvalue weighted by Gasteiger charge is 2.29. The van der Waals surface area contributed by atoms with Crippen LogP contribution in [0, 0.1) is 19.8 Å². The van der Waals surface area contributed by atoms with Crippen LogP contribution in [0.25, 0.3) is 0 Å². The van der Waals surface area contributed by atoms with E-state index in [0.717, 1.165) is 24.2 Å². The fourth-order valence-electron chi connectivity index (χ4n) is 2.80. The summed E-state index contributed by atoms with van der Waals surface area (Å²) < 4.78 is 5.79. The van der Waals surface area contributed by atoms with Gasteiger partial charge in [0.05, 0.1) is 12.5 Å². The van der Waals surface area contributed by atoms with Crippen LogP contribution in [0.3, 0.4) is 0 Å². The summed E-state index contributed by atoms with van der Waals surface area (Å²) in [5.41, 5.74) is 7.59. The molecular weight excluding hydrogens is 292 g/mol. The largest absolute Gasteiger partial charge is 0.493 e. The van der Waals surface area contributed by atoms with E-state index in [1.165, 1.54) is 5.56 Å². The lowest BCUT2D eigenvalue weighted by Gasteiger charge is -2.16. The summed E-state index contributed by atoms with van der Waals surface area (Å²) in [5, 5.41) is 0. The van der Waals surface area contributed by atoms with Crippen molar-refractivity contribution < 1.29 is 14.3 Å². The number of carbonyl (C=O) groups excluding carboxylic acids is 2. The zero-order valence-electron chi connectivity index (χ0n) is 14.0. The predicted octanol–water partition coefficient (Wildman–Crippen LogP) is 2.19. The Morgan fingerprint density at radius 1 is 1.30 bits per heavy atom. The van der Waals surface area contributed by atoms with Crippen LogP contribution in [0.2, 0.25) is 0 Å². The van der Waals surface area contributed by atoms with Crippen LogP contribution in [-0.2, 0) is 9.59 Å². The van der Waals surface area contributed by atoms with Crippen molar-refractivity contribution in [1.82, 2.24) is 4.90 Å². The monoisotopic (exact) mass is 318 g/mol. The van der Waals surface area contributed by atoms with Crippen molar-refractivity contribution in [2.45, 2.75) is 39.5 Å². The molecule has 1 saturated heterocycles. The third-order valence-corrected chi connectivity index (χ3v) is 4.33. The molecule has 1 aromatic carbocycles. The number of hydrogen-bond donors (Lipinski definition) is 1. The number of primary amides is 1. The van der Waals surface area contributed by atoms with Gasteiger partial charge in [-0.1, -0.05) is 12.1 Å². The number of likely N-dealkylation sites (tertiary alicyclic amines) is 1. The minimum atomic E-state index is -0.303. The van der Waals surface area contributed by atoms with E-state index in [0.29, 0.717) is 32.5 Å². The van der Waals surface area contributed by atoms with Crippen molar-refractivity contribution >= 4 is 11.8 Å². The van der Waals surface area contributed by atoms with E-state index in [4.69, 9.17) is 10.5 Å². The predicted molar refractivity (Wildman–Crippen MR) is 89.1 cm³/mol. The standard InChI is InChI=1S/C18H26N2O3/c1-13-6-7-14(2)16(11-13)23-10-4-3-5-17(21)20-9-8-15(12-20)18(19)22/h6-7,11,15H,3-5,8-10,12H2,1-2H3,(H2,19,22)/t15-/m1/s1. The van der Waals surface area contributed by atoms with Crippen molar-refractivity contribution in [2.75, 3.05) is 19.7 Å². The van der Waals surface area contributed by atoms with Gasteiger partial charge in [-0.25, -0.2) is 0 Å². The van der Waals surface area contributed by atoms with Gasteiger partial charge in [0, 0.05) is 19.5 Å². The Hall–Kier alpha value is -2.04. The Labute approximate surface area is 137 Å². The molecule has 1 aliphatic heterocycles. The second-order valence-corrected chi connectivity index (χ2v) is 6.30. The third-order valence-electron chi connectivity index (χ3n) is 4.33. The molecule has 0 unspecified atom stereocenters.